The molecule has 0 saturated carbocycles. The number of hydrogen-bond donors (Lipinski definition) is 1. The highest BCUT2D eigenvalue weighted by Gasteiger charge is 2.34. The zero-order chi connectivity index (χ0) is 18.6. The number of rotatable bonds is 7. The predicted octanol–water partition coefficient (Wildman–Crippen LogP) is 3.13. The van der Waals surface area contributed by atoms with Crippen LogP contribution in [0.3, 0.4) is 0 Å². The van der Waals surface area contributed by atoms with Gasteiger partial charge >= 0.3 is 0 Å². The minimum Gasteiger partial charge on any atom is -0.507 e. The summed E-state index contributed by atoms with van der Waals surface area (Å²) in [6, 6.07) is 1.47. The average Bonchev–Trinajstić information content (AvgIpc) is 2.50. The summed E-state index contributed by atoms with van der Waals surface area (Å²) in [5.41, 5.74) is 0.610. The van der Waals surface area contributed by atoms with Gasteiger partial charge in [0.05, 0.1) is 0 Å². The number of carbonyl (C=O) groups is 1. The van der Waals surface area contributed by atoms with E-state index >= 15 is 0 Å². The highest BCUT2D eigenvalue weighted by Crippen LogP contribution is 2.45. The van der Waals surface area contributed by atoms with Gasteiger partial charge in [-0.2, -0.15) is 0 Å². The summed E-state index contributed by atoms with van der Waals surface area (Å²) in [5.74, 6) is 0.587. The lowest BCUT2D eigenvalue weighted by atomic mass is 9.90. The predicted molar refractivity (Wildman–Crippen MR) is 95.4 cm³/mol. The Balaban J connectivity index is 2.43. The second kappa shape index (κ2) is 7.78. The molecule has 1 aliphatic rings. The Kier molecular flexibility index (Phi) is 5.95. The summed E-state index contributed by atoms with van der Waals surface area (Å²) in [4.78, 5) is 14.5. The lowest BCUT2D eigenvalue weighted by molar-refractivity contribution is 0.0461. The molecule has 0 saturated heterocycles. The Morgan fingerprint density at radius 1 is 1.44 bits per heavy atom. The van der Waals surface area contributed by atoms with Crippen molar-refractivity contribution in [1.29, 1.82) is 0 Å². The molecule has 0 aliphatic carbocycles. The summed E-state index contributed by atoms with van der Waals surface area (Å²) < 4.78 is 16.6. The first-order chi connectivity index (χ1) is 11.7. The monoisotopic (exact) mass is 349 g/mol. The number of fused-ring (bicyclic) bond motifs is 1. The average molecular weight is 349 g/mol. The van der Waals surface area contributed by atoms with Gasteiger partial charge in [0, 0.05) is 39.3 Å². The first-order valence-corrected chi connectivity index (χ1v) is 8.31. The molecule has 1 aromatic carbocycles. The number of methoxy groups -OCH3 is 1. The minimum atomic E-state index is -0.409. The molecule has 0 fully saturated rings. The van der Waals surface area contributed by atoms with Crippen molar-refractivity contribution in [3.05, 3.63) is 29.5 Å². The van der Waals surface area contributed by atoms with Crippen molar-refractivity contribution in [1.82, 2.24) is 4.90 Å². The van der Waals surface area contributed by atoms with Crippen LogP contribution < -0.4 is 9.47 Å². The second-order valence-corrected chi connectivity index (χ2v) is 6.96. The zero-order valence-corrected chi connectivity index (χ0v) is 15.6. The molecule has 138 valence electrons. The van der Waals surface area contributed by atoms with Crippen molar-refractivity contribution in [3.63, 3.8) is 0 Å². The van der Waals surface area contributed by atoms with Gasteiger partial charge in [-0.1, -0.05) is 6.08 Å². The summed E-state index contributed by atoms with van der Waals surface area (Å²) >= 11 is 0. The van der Waals surface area contributed by atoms with E-state index in [9.17, 15) is 9.90 Å². The molecule has 0 amide bonds. The standard InChI is InChI=1S/C19H27NO5/c1-19(2)9-8-13-16(24-12-23-5)11-15(22)17(18(13)25-19)14(21)7-6-10-20(3)4/h6,10-11,22H,7-9,12H2,1-5H3/b10-6+. The number of carbonyl (C=O) groups excluding carboxylic acids is 1. The normalized spacial score (nSPS) is 15.6. The first kappa shape index (κ1) is 19.1. The van der Waals surface area contributed by atoms with E-state index in [1.54, 1.807) is 6.08 Å². The van der Waals surface area contributed by atoms with Crippen LogP contribution in [0.15, 0.2) is 18.3 Å². The fourth-order valence-electron chi connectivity index (χ4n) is 2.76. The van der Waals surface area contributed by atoms with Crippen molar-refractivity contribution >= 4 is 5.78 Å². The van der Waals surface area contributed by atoms with Gasteiger partial charge in [-0.25, -0.2) is 0 Å². The van der Waals surface area contributed by atoms with E-state index in [1.165, 1.54) is 13.2 Å². The molecule has 0 unspecified atom stereocenters. The van der Waals surface area contributed by atoms with E-state index < -0.39 is 5.60 Å². The fourth-order valence-corrected chi connectivity index (χ4v) is 2.76. The van der Waals surface area contributed by atoms with Crippen LogP contribution in [0.5, 0.6) is 17.2 Å². The highest BCUT2D eigenvalue weighted by molar-refractivity contribution is 6.02. The minimum absolute atomic E-state index is 0.0636. The van der Waals surface area contributed by atoms with Crippen LogP contribution in [0.4, 0.5) is 0 Å². The Hall–Kier alpha value is -2.21. The molecule has 6 nitrogen and oxygen atoms in total. The van der Waals surface area contributed by atoms with Gasteiger partial charge in [-0.15, -0.1) is 0 Å². The van der Waals surface area contributed by atoms with Crippen LogP contribution in [0.25, 0.3) is 0 Å². The van der Waals surface area contributed by atoms with Gasteiger partial charge in [0.25, 0.3) is 0 Å². The van der Waals surface area contributed by atoms with Crippen LogP contribution in [0, 0.1) is 0 Å². The number of hydrogen-bond acceptors (Lipinski definition) is 6. The van der Waals surface area contributed by atoms with Crippen molar-refractivity contribution in [2.24, 2.45) is 0 Å². The SMILES string of the molecule is COCOc1cc(O)c(C(=O)C/C=C/N(C)C)c2c1CCC(C)(C)O2. The maximum Gasteiger partial charge on any atom is 0.188 e. The number of nitrogens with zero attached hydrogens (tertiary/aromatic N) is 1. The van der Waals surface area contributed by atoms with Crippen molar-refractivity contribution < 1.29 is 24.1 Å². The molecule has 1 aliphatic heterocycles. The molecule has 1 heterocycles. The van der Waals surface area contributed by atoms with Gasteiger partial charge in [0.15, 0.2) is 12.6 Å². The molecular formula is C19H27NO5. The van der Waals surface area contributed by atoms with Crippen LogP contribution in [0.2, 0.25) is 0 Å². The second-order valence-electron chi connectivity index (χ2n) is 6.96. The van der Waals surface area contributed by atoms with Crippen molar-refractivity contribution in [3.8, 4) is 17.2 Å². The Morgan fingerprint density at radius 3 is 2.80 bits per heavy atom. The molecular weight excluding hydrogens is 322 g/mol. The van der Waals surface area contributed by atoms with Gasteiger partial charge < -0.3 is 24.2 Å². The van der Waals surface area contributed by atoms with Crippen LogP contribution >= 0.6 is 0 Å². The fraction of sp³-hybridized carbons (Fsp3) is 0.526. The van der Waals surface area contributed by atoms with Gasteiger partial charge in [-0.05, 0) is 32.9 Å². The maximum atomic E-state index is 12.7. The molecule has 0 aromatic heterocycles. The molecule has 0 radical (unpaired) electrons. The van der Waals surface area contributed by atoms with E-state index in [-0.39, 0.29) is 30.3 Å². The summed E-state index contributed by atoms with van der Waals surface area (Å²) in [7, 11) is 5.29. The summed E-state index contributed by atoms with van der Waals surface area (Å²) in [6.07, 6.45) is 5.25. The topological polar surface area (TPSA) is 68.2 Å². The Labute approximate surface area is 149 Å². The molecule has 1 aromatic rings. The Morgan fingerprint density at radius 2 is 2.16 bits per heavy atom. The molecule has 0 spiro atoms. The van der Waals surface area contributed by atoms with Gasteiger partial charge in [0.1, 0.15) is 28.4 Å². The van der Waals surface area contributed by atoms with Crippen LogP contribution in [-0.4, -0.2) is 49.4 Å². The third kappa shape index (κ3) is 4.66. The summed E-state index contributed by atoms with van der Waals surface area (Å²) in [5, 5.41) is 10.4. The number of Topliss-reactive ketones (excluding diaryl/α,β-unsaturated/α-hetero) is 1. The Bertz CT molecular complexity index is 664. The van der Waals surface area contributed by atoms with Crippen LogP contribution in [-0.2, 0) is 11.2 Å². The molecule has 0 bridgehead atoms. The quantitative estimate of drug-likeness (QED) is 0.602. The lowest BCUT2D eigenvalue weighted by Crippen LogP contribution is -2.33. The molecule has 2 rings (SSSR count). The molecule has 25 heavy (non-hydrogen) atoms. The molecule has 1 N–H and O–H groups in total. The van der Waals surface area contributed by atoms with Gasteiger partial charge in [0.2, 0.25) is 0 Å². The lowest BCUT2D eigenvalue weighted by Gasteiger charge is -2.34. The maximum absolute atomic E-state index is 12.7. The molecule has 6 heteroatoms. The third-order valence-electron chi connectivity index (χ3n) is 4.00. The van der Waals surface area contributed by atoms with E-state index in [0.717, 1.165) is 12.0 Å². The summed E-state index contributed by atoms with van der Waals surface area (Å²) in [6.45, 7) is 4.00. The first-order valence-electron chi connectivity index (χ1n) is 8.31. The smallest absolute Gasteiger partial charge is 0.188 e. The van der Waals surface area contributed by atoms with E-state index in [4.69, 9.17) is 14.2 Å². The number of ketones is 1. The van der Waals surface area contributed by atoms with Crippen LogP contribution in [0.1, 0.15) is 42.6 Å². The largest absolute Gasteiger partial charge is 0.507 e. The van der Waals surface area contributed by atoms with Gasteiger partial charge in [-0.3, -0.25) is 4.79 Å². The van der Waals surface area contributed by atoms with Crippen molar-refractivity contribution in [2.75, 3.05) is 28.0 Å². The number of phenolic OH excluding ortho intramolecular Hbond substituents is 1. The number of phenols is 1. The number of benzene rings is 1. The molecule has 0 atom stereocenters. The van der Waals surface area contributed by atoms with E-state index in [0.29, 0.717) is 17.9 Å². The highest BCUT2D eigenvalue weighted by atomic mass is 16.7. The van der Waals surface area contributed by atoms with Crippen molar-refractivity contribution in [2.45, 2.75) is 38.7 Å². The zero-order valence-electron chi connectivity index (χ0n) is 15.6. The number of allylic oxidation sites excluding steroid dienone is 1. The third-order valence-corrected chi connectivity index (χ3v) is 4.00. The van der Waals surface area contributed by atoms with E-state index in [2.05, 4.69) is 0 Å². The number of aromatic hydroxyl groups is 1. The number of ether oxygens (including phenoxy) is 3. The van der Waals surface area contributed by atoms with E-state index in [1.807, 2.05) is 39.0 Å².